The molecule has 1 atom stereocenters. The summed E-state index contributed by atoms with van der Waals surface area (Å²) in [4.78, 5) is 28.3. The number of aryl methyl sites for hydroxylation is 3. The number of nitrogens with one attached hydrogen (secondary N) is 1. The van der Waals surface area contributed by atoms with Crippen LogP contribution in [0.1, 0.15) is 35.7 Å². The quantitative estimate of drug-likeness (QED) is 0.746. The van der Waals surface area contributed by atoms with Crippen LogP contribution in [-0.4, -0.2) is 38.0 Å². The highest BCUT2D eigenvalue weighted by atomic mass is 32.1. The molecule has 128 valence electrons. The highest BCUT2D eigenvalue weighted by molar-refractivity contribution is 7.18. The molecule has 0 aliphatic carbocycles. The van der Waals surface area contributed by atoms with Gasteiger partial charge in [-0.15, -0.1) is 11.3 Å². The molecule has 0 aliphatic heterocycles. The maximum absolute atomic E-state index is 12.4. The van der Waals surface area contributed by atoms with E-state index in [2.05, 4.69) is 33.4 Å². The van der Waals surface area contributed by atoms with Gasteiger partial charge in [0, 0.05) is 30.4 Å². The van der Waals surface area contributed by atoms with E-state index in [1.54, 1.807) is 17.5 Å². The van der Waals surface area contributed by atoms with Crippen molar-refractivity contribution in [1.82, 2.24) is 24.4 Å². The number of fused-ring (bicyclic) bond motifs is 1. The van der Waals surface area contributed by atoms with E-state index in [4.69, 9.17) is 4.98 Å². The Bertz CT molecular complexity index is 880. The molecule has 7 heteroatoms. The molecule has 1 unspecified atom stereocenters. The molecule has 0 radical (unpaired) electrons. The van der Waals surface area contributed by atoms with Gasteiger partial charge in [-0.05, 0) is 39.8 Å². The van der Waals surface area contributed by atoms with Crippen LogP contribution in [0.3, 0.4) is 0 Å². The average molecular weight is 345 g/mol. The first-order chi connectivity index (χ1) is 11.5. The Morgan fingerprint density at radius 1 is 1.42 bits per heavy atom. The second kappa shape index (κ2) is 6.86. The van der Waals surface area contributed by atoms with Crippen molar-refractivity contribution in [2.75, 3.05) is 13.6 Å². The first kappa shape index (κ1) is 16.9. The minimum absolute atomic E-state index is 0.0319. The van der Waals surface area contributed by atoms with E-state index in [0.29, 0.717) is 0 Å². The van der Waals surface area contributed by atoms with Crippen molar-refractivity contribution < 1.29 is 0 Å². The zero-order valence-corrected chi connectivity index (χ0v) is 15.4. The molecule has 3 heterocycles. The van der Waals surface area contributed by atoms with E-state index < -0.39 is 0 Å². The number of rotatable bonds is 6. The molecule has 0 fully saturated rings. The molecule has 6 nitrogen and oxygen atoms in total. The molecule has 0 aliphatic rings. The minimum atomic E-state index is -0.0319. The van der Waals surface area contributed by atoms with Crippen molar-refractivity contribution in [1.29, 1.82) is 0 Å². The van der Waals surface area contributed by atoms with Crippen molar-refractivity contribution in [3.63, 3.8) is 0 Å². The summed E-state index contributed by atoms with van der Waals surface area (Å²) in [6.45, 7) is 7.95. The molecule has 3 rings (SSSR count). The van der Waals surface area contributed by atoms with E-state index in [9.17, 15) is 4.79 Å². The van der Waals surface area contributed by atoms with Crippen LogP contribution < -0.4 is 5.56 Å². The maximum atomic E-state index is 12.4. The Kier molecular flexibility index (Phi) is 4.82. The Morgan fingerprint density at radius 3 is 2.92 bits per heavy atom. The van der Waals surface area contributed by atoms with Gasteiger partial charge in [-0.25, -0.2) is 9.97 Å². The number of aromatic amines is 1. The highest BCUT2D eigenvalue weighted by Crippen LogP contribution is 2.27. The fourth-order valence-electron chi connectivity index (χ4n) is 2.79. The molecular weight excluding hydrogens is 322 g/mol. The van der Waals surface area contributed by atoms with E-state index >= 15 is 0 Å². The Labute approximate surface area is 145 Å². The Balaban J connectivity index is 1.73. The van der Waals surface area contributed by atoms with Crippen LogP contribution >= 0.6 is 11.3 Å². The van der Waals surface area contributed by atoms with Crippen LogP contribution in [0.15, 0.2) is 23.5 Å². The third kappa shape index (κ3) is 3.27. The molecule has 0 aromatic carbocycles. The second-order valence-corrected chi connectivity index (χ2v) is 7.43. The Hall–Kier alpha value is -1.99. The van der Waals surface area contributed by atoms with Crippen molar-refractivity contribution in [2.24, 2.45) is 0 Å². The lowest BCUT2D eigenvalue weighted by atomic mass is 10.2. The van der Waals surface area contributed by atoms with Gasteiger partial charge in [-0.2, -0.15) is 0 Å². The van der Waals surface area contributed by atoms with Gasteiger partial charge >= 0.3 is 0 Å². The highest BCUT2D eigenvalue weighted by Gasteiger charge is 2.17. The molecular formula is C17H23N5OS. The Morgan fingerprint density at radius 2 is 2.21 bits per heavy atom. The lowest BCUT2D eigenvalue weighted by Crippen LogP contribution is -2.27. The van der Waals surface area contributed by atoms with Gasteiger partial charge < -0.3 is 9.55 Å². The molecule has 3 aromatic rings. The number of nitrogens with zero attached hydrogens (tertiary/aromatic N) is 4. The number of hydrogen-bond donors (Lipinski definition) is 1. The summed E-state index contributed by atoms with van der Waals surface area (Å²) in [7, 11) is 2.06. The number of thiophene rings is 1. The second-order valence-electron chi connectivity index (χ2n) is 6.23. The molecule has 0 saturated heterocycles. The van der Waals surface area contributed by atoms with Gasteiger partial charge in [0.15, 0.2) is 0 Å². The summed E-state index contributed by atoms with van der Waals surface area (Å²) in [6.07, 6.45) is 6.61. The van der Waals surface area contributed by atoms with E-state index in [1.807, 2.05) is 26.4 Å². The first-order valence-electron chi connectivity index (χ1n) is 8.13. The molecule has 0 bridgehead atoms. The normalized spacial score (nSPS) is 13.0. The van der Waals surface area contributed by atoms with E-state index in [-0.39, 0.29) is 11.6 Å². The predicted molar refractivity (Wildman–Crippen MR) is 97.6 cm³/mol. The predicted octanol–water partition coefficient (Wildman–Crippen LogP) is 2.88. The van der Waals surface area contributed by atoms with Crippen molar-refractivity contribution in [2.45, 2.75) is 39.8 Å². The van der Waals surface area contributed by atoms with Crippen LogP contribution in [0.5, 0.6) is 0 Å². The zero-order chi connectivity index (χ0) is 17.3. The van der Waals surface area contributed by atoms with E-state index in [1.165, 1.54) is 0 Å². The van der Waals surface area contributed by atoms with Crippen LogP contribution in [-0.2, 0) is 6.54 Å². The van der Waals surface area contributed by atoms with Gasteiger partial charge in [0.1, 0.15) is 10.7 Å². The van der Waals surface area contributed by atoms with Gasteiger partial charge in [-0.3, -0.25) is 9.69 Å². The minimum Gasteiger partial charge on any atom is -0.337 e. The van der Waals surface area contributed by atoms with Crippen molar-refractivity contribution >= 4 is 21.6 Å². The lowest BCUT2D eigenvalue weighted by Gasteiger charge is -2.23. The van der Waals surface area contributed by atoms with Crippen LogP contribution in [0.25, 0.3) is 10.2 Å². The molecule has 1 N–H and O–H groups in total. The lowest BCUT2D eigenvalue weighted by molar-refractivity contribution is 0.245. The fourth-order valence-corrected chi connectivity index (χ4v) is 3.83. The molecule has 0 spiro atoms. The van der Waals surface area contributed by atoms with Gasteiger partial charge in [0.05, 0.1) is 17.8 Å². The van der Waals surface area contributed by atoms with Gasteiger partial charge in [0.2, 0.25) is 0 Å². The third-order valence-electron chi connectivity index (χ3n) is 4.60. The number of imidazole rings is 1. The molecule has 0 saturated carbocycles. The maximum Gasteiger partial charge on any atom is 0.259 e. The van der Waals surface area contributed by atoms with Crippen molar-refractivity contribution in [3.8, 4) is 0 Å². The molecule has 3 aromatic heterocycles. The third-order valence-corrected chi connectivity index (χ3v) is 5.70. The van der Waals surface area contributed by atoms with Crippen LogP contribution in [0.4, 0.5) is 0 Å². The monoisotopic (exact) mass is 345 g/mol. The number of aromatic nitrogens is 4. The summed E-state index contributed by atoms with van der Waals surface area (Å²) in [6, 6.07) is 0.0626. The average Bonchev–Trinajstić information content (AvgIpc) is 3.15. The number of hydrogen-bond acceptors (Lipinski definition) is 5. The summed E-state index contributed by atoms with van der Waals surface area (Å²) < 4.78 is 2.07. The van der Waals surface area contributed by atoms with Crippen LogP contribution in [0, 0.1) is 13.8 Å². The van der Waals surface area contributed by atoms with Crippen molar-refractivity contribution in [3.05, 3.63) is 45.3 Å². The SMILES string of the molecule is Cc1sc2nc(C(C)N(C)CCCn3ccnc3)[nH]c(=O)c2c1C. The summed E-state index contributed by atoms with van der Waals surface area (Å²) in [5, 5.41) is 0.733. The fraction of sp³-hybridized carbons (Fsp3) is 0.471. The topological polar surface area (TPSA) is 66.8 Å². The summed E-state index contributed by atoms with van der Waals surface area (Å²) in [5.41, 5.74) is 1.01. The van der Waals surface area contributed by atoms with Gasteiger partial charge in [0.25, 0.3) is 5.56 Å². The summed E-state index contributed by atoms with van der Waals surface area (Å²) in [5.74, 6) is 0.735. The molecule has 0 amide bonds. The summed E-state index contributed by atoms with van der Waals surface area (Å²) >= 11 is 1.59. The smallest absolute Gasteiger partial charge is 0.259 e. The van der Waals surface area contributed by atoms with Gasteiger partial charge in [-0.1, -0.05) is 0 Å². The first-order valence-corrected chi connectivity index (χ1v) is 8.95. The van der Waals surface area contributed by atoms with E-state index in [0.717, 1.165) is 46.0 Å². The van der Waals surface area contributed by atoms with Crippen LogP contribution in [0.2, 0.25) is 0 Å². The molecule has 24 heavy (non-hydrogen) atoms. The number of H-pyrrole nitrogens is 1. The largest absolute Gasteiger partial charge is 0.337 e. The standard InChI is InChI=1S/C17H23N5OS/c1-11-13(3)24-17-14(11)16(23)19-15(20-17)12(2)21(4)7-5-8-22-9-6-18-10-22/h6,9-10,12H,5,7-8H2,1-4H3,(H,19,20,23). The zero-order valence-electron chi connectivity index (χ0n) is 14.5.